The molecule has 1 aliphatic heterocycles. The highest BCUT2D eigenvalue weighted by Gasteiger charge is 2.18. The molecular weight excluding hydrogens is 366 g/mol. The average Bonchev–Trinajstić information content (AvgIpc) is 3.37. The van der Waals surface area contributed by atoms with Crippen molar-refractivity contribution in [2.45, 2.75) is 24.7 Å². The molecule has 4 nitrogen and oxygen atoms in total. The molecule has 0 aliphatic carbocycles. The van der Waals surface area contributed by atoms with Gasteiger partial charge in [0.25, 0.3) is 0 Å². The van der Waals surface area contributed by atoms with Crippen LogP contribution in [0, 0.1) is 0 Å². The van der Waals surface area contributed by atoms with E-state index in [2.05, 4.69) is 58.4 Å². The van der Waals surface area contributed by atoms with Gasteiger partial charge in [-0.3, -0.25) is 4.79 Å². The molecule has 1 fully saturated rings. The van der Waals surface area contributed by atoms with Gasteiger partial charge >= 0.3 is 0 Å². The molecule has 146 valence electrons. The Morgan fingerprint density at radius 3 is 2.68 bits per heavy atom. The summed E-state index contributed by atoms with van der Waals surface area (Å²) in [6, 6.07) is 17.5. The predicted molar refractivity (Wildman–Crippen MR) is 119 cm³/mol. The number of fused-ring (bicyclic) bond motifs is 1. The van der Waals surface area contributed by atoms with Gasteiger partial charge in [0.15, 0.2) is 0 Å². The van der Waals surface area contributed by atoms with Crippen molar-refractivity contribution < 1.29 is 4.79 Å². The van der Waals surface area contributed by atoms with Crippen molar-refractivity contribution in [3.05, 3.63) is 48.5 Å². The fourth-order valence-corrected chi connectivity index (χ4v) is 4.70. The predicted octanol–water partition coefficient (Wildman–Crippen LogP) is 5.01. The summed E-state index contributed by atoms with van der Waals surface area (Å²) >= 11 is 1.81. The fraction of sp³-hybridized carbons (Fsp3) is 0.348. The number of anilines is 1. The van der Waals surface area contributed by atoms with Crippen LogP contribution in [0.1, 0.15) is 19.8 Å². The highest BCUT2D eigenvalue weighted by molar-refractivity contribution is 7.99. The lowest BCUT2D eigenvalue weighted by Crippen LogP contribution is -2.26. The molecule has 0 bridgehead atoms. The molecule has 5 heteroatoms. The van der Waals surface area contributed by atoms with Gasteiger partial charge in [-0.05, 0) is 43.2 Å². The molecule has 0 atom stereocenters. The Balaban J connectivity index is 1.63. The third kappa shape index (κ3) is 4.04. The molecule has 0 radical (unpaired) electrons. The van der Waals surface area contributed by atoms with Gasteiger partial charge < -0.3 is 14.8 Å². The number of aromatic amines is 1. The third-order valence-corrected chi connectivity index (χ3v) is 6.44. The van der Waals surface area contributed by atoms with Crippen LogP contribution in [0.15, 0.2) is 53.4 Å². The second-order valence-corrected chi connectivity index (χ2v) is 8.60. The van der Waals surface area contributed by atoms with E-state index in [9.17, 15) is 4.79 Å². The van der Waals surface area contributed by atoms with E-state index >= 15 is 0 Å². The Bertz CT molecular complexity index is 942. The van der Waals surface area contributed by atoms with Crippen molar-refractivity contribution in [3.63, 3.8) is 0 Å². The number of aromatic nitrogens is 1. The molecule has 2 aromatic carbocycles. The Morgan fingerprint density at radius 1 is 1.14 bits per heavy atom. The second kappa shape index (κ2) is 8.31. The number of hydrogen-bond donors (Lipinski definition) is 1. The van der Waals surface area contributed by atoms with Crippen molar-refractivity contribution in [1.82, 2.24) is 9.88 Å². The number of nitrogens with zero attached hydrogens (tertiary/aromatic N) is 2. The molecule has 0 unspecified atom stereocenters. The molecule has 2 heterocycles. The van der Waals surface area contributed by atoms with Gasteiger partial charge in [0.1, 0.15) is 0 Å². The van der Waals surface area contributed by atoms with Crippen molar-refractivity contribution in [2.75, 3.05) is 37.3 Å². The van der Waals surface area contributed by atoms with E-state index < -0.39 is 0 Å². The first kappa shape index (κ1) is 18.9. The average molecular weight is 394 g/mol. The number of carbonyl (C=O) groups excluding carboxylic acids is 1. The normalized spacial score (nSPS) is 14.0. The topological polar surface area (TPSA) is 39.3 Å². The van der Waals surface area contributed by atoms with E-state index in [0.717, 1.165) is 25.4 Å². The summed E-state index contributed by atoms with van der Waals surface area (Å²) in [5.41, 5.74) is 4.93. The molecule has 28 heavy (non-hydrogen) atoms. The second-order valence-electron chi connectivity index (χ2n) is 7.43. The molecule has 1 N–H and O–H groups in total. The maximum absolute atomic E-state index is 11.4. The smallest absolute Gasteiger partial charge is 0.219 e. The summed E-state index contributed by atoms with van der Waals surface area (Å²) in [6.45, 7) is 4.63. The number of H-pyrrole nitrogens is 1. The maximum atomic E-state index is 11.4. The minimum atomic E-state index is 0.115. The van der Waals surface area contributed by atoms with Crippen LogP contribution in [-0.2, 0) is 4.79 Å². The lowest BCUT2D eigenvalue weighted by atomic mass is 10.1. The van der Waals surface area contributed by atoms with Crippen molar-refractivity contribution in [2.24, 2.45) is 0 Å². The number of carbonyl (C=O) groups is 1. The van der Waals surface area contributed by atoms with Gasteiger partial charge in [-0.25, -0.2) is 0 Å². The zero-order valence-electron chi connectivity index (χ0n) is 16.6. The molecular formula is C23H27N3OS. The quantitative estimate of drug-likeness (QED) is 0.599. The van der Waals surface area contributed by atoms with Gasteiger partial charge in [0, 0.05) is 72.1 Å². The van der Waals surface area contributed by atoms with Gasteiger partial charge in [-0.1, -0.05) is 18.2 Å². The number of rotatable bonds is 6. The minimum absolute atomic E-state index is 0.115. The van der Waals surface area contributed by atoms with E-state index in [-0.39, 0.29) is 5.91 Å². The molecule has 3 aromatic rings. The first-order chi connectivity index (χ1) is 13.6. The molecule has 1 aliphatic rings. The van der Waals surface area contributed by atoms with E-state index in [1.165, 1.54) is 45.6 Å². The zero-order valence-corrected chi connectivity index (χ0v) is 17.4. The Morgan fingerprint density at radius 2 is 1.93 bits per heavy atom. The Kier molecular flexibility index (Phi) is 5.62. The summed E-state index contributed by atoms with van der Waals surface area (Å²) in [5.74, 6) is 1.01. The number of benzene rings is 2. The highest BCUT2D eigenvalue weighted by Crippen LogP contribution is 2.37. The summed E-state index contributed by atoms with van der Waals surface area (Å²) in [6.07, 6.45) is 2.53. The van der Waals surface area contributed by atoms with E-state index in [1.54, 1.807) is 23.6 Å². The summed E-state index contributed by atoms with van der Waals surface area (Å²) in [5, 5.41) is 1.24. The van der Waals surface area contributed by atoms with Crippen molar-refractivity contribution >= 4 is 34.3 Å². The van der Waals surface area contributed by atoms with Crippen LogP contribution in [0.3, 0.4) is 0 Å². The minimum Gasteiger partial charge on any atom is -0.371 e. The molecule has 4 rings (SSSR count). The van der Waals surface area contributed by atoms with Crippen LogP contribution in [0.2, 0.25) is 0 Å². The number of para-hydroxylation sites is 1. The van der Waals surface area contributed by atoms with Crippen molar-refractivity contribution in [3.8, 4) is 11.3 Å². The van der Waals surface area contributed by atoms with E-state index in [4.69, 9.17) is 0 Å². The maximum Gasteiger partial charge on any atom is 0.219 e. The van der Waals surface area contributed by atoms with Crippen LogP contribution >= 0.6 is 11.8 Å². The van der Waals surface area contributed by atoms with E-state index in [1.807, 2.05) is 7.05 Å². The summed E-state index contributed by atoms with van der Waals surface area (Å²) in [7, 11) is 1.86. The van der Waals surface area contributed by atoms with E-state index in [0.29, 0.717) is 0 Å². The summed E-state index contributed by atoms with van der Waals surface area (Å²) < 4.78 is 0. The Labute approximate surface area is 170 Å². The number of hydrogen-bond acceptors (Lipinski definition) is 3. The van der Waals surface area contributed by atoms with Gasteiger partial charge in [0.2, 0.25) is 5.91 Å². The molecule has 0 saturated carbocycles. The molecule has 1 aromatic heterocycles. The standard InChI is InChI=1S/C23H27N3OS/c1-17(27)25(2)13-14-28-19-9-10-23(26-11-5-6-12-26)20(16-19)22-15-18-7-3-4-8-21(18)24-22/h3-4,7-10,15-16,24H,5-6,11-14H2,1-2H3. The van der Waals surface area contributed by atoms with Crippen LogP contribution in [0.5, 0.6) is 0 Å². The fourth-order valence-electron chi connectivity index (χ4n) is 3.73. The zero-order chi connectivity index (χ0) is 19.5. The number of thioether (sulfide) groups is 1. The Hall–Kier alpha value is -2.40. The lowest BCUT2D eigenvalue weighted by Gasteiger charge is -2.22. The van der Waals surface area contributed by atoms with Crippen LogP contribution in [-0.4, -0.2) is 48.2 Å². The third-order valence-electron chi connectivity index (χ3n) is 5.47. The SMILES string of the molecule is CC(=O)N(C)CCSc1ccc(N2CCCC2)c(-c2cc3ccccc3[nH]2)c1. The number of amides is 1. The van der Waals surface area contributed by atoms with Gasteiger partial charge in [0.05, 0.1) is 0 Å². The van der Waals surface area contributed by atoms with Gasteiger partial charge in [-0.2, -0.15) is 0 Å². The monoisotopic (exact) mass is 393 g/mol. The largest absolute Gasteiger partial charge is 0.371 e. The van der Waals surface area contributed by atoms with Crippen LogP contribution in [0.25, 0.3) is 22.2 Å². The molecule has 1 amide bonds. The first-order valence-electron chi connectivity index (χ1n) is 9.93. The molecule has 0 spiro atoms. The van der Waals surface area contributed by atoms with Crippen molar-refractivity contribution in [1.29, 1.82) is 0 Å². The number of nitrogens with one attached hydrogen (secondary N) is 1. The van der Waals surface area contributed by atoms with Gasteiger partial charge in [-0.15, -0.1) is 11.8 Å². The van der Waals surface area contributed by atoms with Crippen LogP contribution < -0.4 is 4.90 Å². The first-order valence-corrected chi connectivity index (χ1v) is 10.9. The lowest BCUT2D eigenvalue weighted by molar-refractivity contribution is -0.127. The molecule has 1 saturated heterocycles. The highest BCUT2D eigenvalue weighted by atomic mass is 32.2. The summed E-state index contributed by atoms with van der Waals surface area (Å²) in [4.78, 5) is 20.5. The van der Waals surface area contributed by atoms with Crippen LogP contribution in [0.4, 0.5) is 5.69 Å².